The Bertz CT molecular complexity index is 262. The van der Waals surface area contributed by atoms with Crippen LogP contribution in [0.15, 0.2) is 42.6 Å². The van der Waals surface area contributed by atoms with Gasteiger partial charge in [0.1, 0.15) is 0 Å². The van der Waals surface area contributed by atoms with Gasteiger partial charge in [-0.2, -0.15) is 0 Å². The number of hydrogen-bond acceptors (Lipinski definition) is 1. The second kappa shape index (κ2) is 4.70. The molecule has 0 aliphatic carbocycles. The van der Waals surface area contributed by atoms with Crippen molar-refractivity contribution in [2.45, 2.75) is 12.8 Å². The molecule has 0 heterocycles. The Hall–Kier alpha value is -1.24. The fourth-order valence-electron chi connectivity index (χ4n) is 1.17. The molecule has 1 rings (SSSR count). The zero-order valence-electron chi connectivity index (χ0n) is 8.57. The summed E-state index contributed by atoms with van der Waals surface area (Å²) in [5, 5.41) is 0. The van der Waals surface area contributed by atoms with E-state index < -0.39 is 0 Å². The Morgan fingerprint density at radius 3 is 2.31 bits per heavy atom. The normalized spacial score (nSPS) is 13.2. The molecule has 0 aromatic heterocycles. The van der Waals surface area contributed by atoms with Crippen LogP contribution < -0.4 is 0 Å². The van der Waals surface area contributed by atoms with Gasteiger partial charge in [-0.15, -0.1) is 0 Å². The summed E-state index contributed by atoms with van der Waals surface area (Å²) in [5.41, 5.74) is 1.36. The van der Waals surface area contributed by atoms with Gasteiger partial charge in [0.2, 0.25) is 0 Å². The van der Waals surface area contributed by atoms with E-state index in [1.165, 1.54) is 5.56 Å². The molecule has 70 valence electrons. The lowest BCUT2D eigenvalue weighted by molar-refractivity contribution is 0.559. The van der Waals surface area contributed by atoms with Gasteiger partial charge < -0.3 is 4.90 Å². The summed E-state index contributed by atoms with van der Waals surface area (Å²) >= 11 is 0. The van der Waals surface area contributed by atoms with Crippen molar-refractivity contribution in [3.05, 3.63) is 48.2 Å². The molecule has 1 nitrogen and oxygen atoms in total. The van der Waals surface area contributed by atoms with E-state index in [4.69, 9.17) is 0 Å². The average molecular weight is 175 g/mol. The molecule has 1 aromatic rings. The fourth-order valence-corrected chi connectivity index (χ4v) is 1.17. The van der Waals surface area contributed by atoms with Crippen LogP contribution in [0.25, 0.3) is 0 Å². The van der Waals surface area contributed by atoms with Crippen molar-refractivity contribution in [2.24, 2.45) is 0 Å². The first-order valence-electron chi connectivity index (χ1n) is 4.60. The third-order valence-corrected chi connectivity index (χ3v) is 2.00. The SMILES string of the molecule is CC(C=CN(C)C)c1ccccc1. The van der Waals surface area contributed by atoms with E-state index in [9.17, 15) is 0 Å². The molecule has 1 heteroatoms. The van der Waals surface area contributed by atoms with E-state index in [0.717, 1.165) is 0 Å². The fraction of sp³-hybridized carbons (Fsp3) is 0.333. The molecule has 1 unspecified atom stereocenters. The molecule has 0 aliphatic rings. The van der Waals surface area contributed by atoms with E-state index in [0.29, 0.717) is 5.92 Å². The van der Waals surface area contributed by atoms with Crippen molar-refractivity contribution in [1.29, 1.82) is 0 Å². The van der Waals surface area contributed by atoms with Crippen molar-refractivity contribution < 1.29 is 0 Å². The van der Waals surface area contributed by atoms with Crippen LogP contribution in [0.3, 0.4) is 0 Å². The van der Waals surface area contributed by atoms with Gasteiger partial charge in [0.25, 0.3) is 0 Å². The molecule has 0 aliphatic heterocycles. The van der Waals surface area contributed by atoms with Gasteiger partial charge in [0, 0.05) is 20.0 Å². The van der Waals surface area contributed by atoms with E-state index in [1.54, 1.807) is 0 Å². The standard InChI is InChI=1S/C12H17N/c1-11(9-10-13(2)3)12-7-5-4-6-8-12/h4-11H,1-3H3. The Kier molecular flexibility index (Phi) is 3.56. The van der Waals surface area contributed by atoms with Gasteiger partial charge in [-0.25, -0.2) is 0 Å². The summed E-state index contributed by atoms with van der Waals surface area (Å²) in [6.07, 6.45) is 4.30. The Morgan fingerprint density at radius 2 is 1.77 bits per heavy atom. The predicted octanol–water partition coefficient (Wildman–Crippen LogP) is 2.87. The highest BCUT2D eigenvalue weighted by Crippen LogP contribution is 2.15. The number of hydrogen-bond donors (Lipinski definition) is 0. The highest BCUT2D eigenvalue weighted by atomic mass is 15.0. The maximum Gasteiger partial charge on any atom is 0.00555 e. The van der Waals surface area contributed by atoms with Crippen LogP contribution in [0.1, 0.15) is 18.4 Å². The van der Waals surface area contributed by atoms with Crippen LogP contribution in [-0.2, 0) is 0 Å². The molecular formula is C12H17N. The zero-order valence-corrected chi connectivity index (χ0v) is 8.57. The minimum atomic E-state index is 0.489. The number of benzene rings is 1. The van der Waals surface area contributed by atoms with E-state index in [2.05, 4.69) is 48.4 Å². The Balaban J connectivity index is 2.64. The minimum absolute atomic E-state index is 0.489. The first kappa shape index (κ1) is 9.85. The van der Waals surface area contributed by atoms with Crippen molar-refractivity contribution in [3.8, 4) is 0 Å². The lowest BCUT2D eigenvalue weighted by atomic mass is 10.0. The van der Waals surface area contributed by atoms with Gasteiger partial charge in [0.05, 0.1) is 0 Å². The molecule has 0 saturated carbocycles. The van der Waals surface area contributed by atoms with Gasteiger partial charge >= 0.3 is 0 Å². The average Bonchev–Trinajstić information content (AvgIpc) is 2.15. The second-order valence-electron chi connectivity index (χ2n) is 3.50. The molecule has 0 amide bonds. The van der Waals surface area contributed by atoms with Crippen LogP contribution in [-0.4, -0.2) is 19.0 Å². The minimum Gasteiger partial charge on any atom is -0.384 e. The molecule has 13 heavy (non-hydrogen) atoms. The van der Waals surface area contributed by atoms with Crippen LogP contribution >= 0.6 is 0 Å². The van der Waals surface area contributed by atoms with Crippen LogP contribution in [0.5, 0.6) is 0 Å². The molecule has 0 radical (unpaired) electrons. The van der Waals surface area contributed by atoms with Crippen molar-refractivity contribution >= 4 is 0 Å². The molecule has 1 aromatic carbocycles. The number of allylic oxidation sites excluding steroid dienone is 1. The van der Waals surface area contributed by atoms with E-state index in [1.807, 2.05) is 20.2 Å². The van der Waals surface area contributed by atoms with Crippen LogP contribution in [0, 0.1) is 0 Å². The van der Waals surface area contributed by atoms with Gasteiger partial charge in [0.15, 0.2) is 0 Å². The van der Waals surface area contributed by atoms with Crippen molar-refractivity contribution in [2.75, 3.05) is 14.1 Å². The van der Waals surface area contributed by atoms with E-state index in [-0.39, 0.29) is 0 Å². The third-order valence-electron chi connectivity index (χ3n) is 2.00. The Labute approximate surface area is 80.7 Å². The third kappa shape index (κ3) is 3.32. The lowest BCUT2D eigenvalue weighted by Crippen LogP contribution is -2.01. The largest absolute Gasteiger partial charge is 0.384 e. The second-order valence-corrected chi connectivity index (χ2v) is 3.50. The Morgan fingerprint density at radius 1 is 1.15 bits per heavy atom. The molecule has 0 fully saturated rings. The van der Waals surface area contributed by atoms with E-state index >= 15 is 0 Å². The molecule has 0 saturated heterocycles. The molecule has 0 bridgehead atoms. The molecule has 1 atom stereocenters. The summed E-state index contributed by atoms with van der Waals surface area (Å²) in [4.78, 5) is 2.06. The van der Waals surface area contributed by atoms with Crippen LogP contribution in [0.4, 0.5) is 0 Å². The summed E-state index contributed by atoms with van der Waals surface area (Å²) in [5.74, 6) is 0.489. The first-order valence-corrected chi connectivity index (χ1v) is 4.60. The predicted molar refractivity (Wildman–Crippen MR) is 57.7 cm³/mol. The molecule has 0 N–H and O–H groups in total. The summed E-state index contributed by atoms with van der Waals surface area (Å²) in [6, 6.07) is 10.5. The topological polar surface area (TPSA) is 3.24 Å². The maximum absolute atomic E-state index is 2.20. The highest BCUT2D eigenvalue weighted by molar-refractivity contribution is 5.22. The summed E-state index contributed by atoms with van der Waals surface area (Å²) in [7, 11) is 4.07. The first-order chi connectivity index (χ1) is 6.20. The summed E-state index contributed by atoms with van der Waals surface area (Å²) < 4.78 is 0. The number of rotatable bonds is 3. The smallest absolute Gasteiger partial charge is 0.00555 e. The molecule has 0 spiro atoms. The summed E-state index contributed by atoms with van der Waals surface area (Å²) in [6.45, 7) is 2.20. The van der Waals surface area contributed by atoms with Crippen molar-refractivity contribution in [3.63, 3.8) is 0 Å². The van der Waals surface area contributed by atoms with Crippen molar-refractivity contribution in [1.82, 2.24) is 4.90 Å². The number of nitrogens with zero attached hydrogens (tertiary/aromatic N) is 1. The highest BCUT2D eigenvalue weighted by Gasteiger charge is 1.98. The lowest BCUT2D eigenvalue weighted by Gasteiger charge is -2.08. The maximum atomic E-state index is 2.20. The van der Waals surface area contributed by atoms with Gasteiger partial charge in [-0.3, -0.25) is 0 Å². The zero-order chi connectivity index (χ0) is 9.68. The van der Waals surface area contributed by atoms with Gasteiger partial charge in [-0.05, 0) is 11.8 Å². The molecular weight excluding hydrogens is 158 g/mol. The van der Waals surface area contributed by atoms with Gasteiger partial charge in [-0.1, -0.05) is 43.3 Å². The van der Waals surface area contributed by atoms with Crippen LogP contribution in [0.2, 0.25) is 0 Å². The monoisotopic (exact) mass is 175 g/mol. The quantitative estimate of drug-likeness (QED) is 0.682.